The van der Waals surface area contributed by atoms with Gasteiger partial charge in [-0.05, 0) is 50.3 Å². The molecule has 4 nitrogen and oxygen atoms in total. The normalized spacial score (nSPS) is 11.3. The first-order chi connectivity index (χ1) is 8.11. The van der Waals surface area contributed by atoms with Crippen molar-refractivity contribution in [3.05, 3.63) is 20.2 Å². The molecule has 1 rings (SSSR count). The number of hydrogen-bond acceptors (Lipinski definition) is 3. The largest absolute Gasteiger partial charge is 0.444 e. The van der Waals surface area contributed by atoms with Crippen LogP contribution >= 0.6 is 34.2 Å². The lowest BCUT2D eigenvalue weighted by molar-refractivity contribution is 0.0635. The number of nitrogens with one attached hydrogen (secondary N) is 1. The molecule has 0 aliphatic rings. The number of halogens is 3. The fraction of sp³-hybridized carbons (Fsp3) is 0.455. The van der Waals surface area contributed by atoms with Crippen molar-refractivity contribution in [2.75, 3.05) is 5.32 Å². The summed E-state index contributed by atoms with van der Waals surface area (Å²) < 4.78 is 18.9. The van der Waals surface area contributed by atoms with Crippen LogP contribution in [0.1, 0.15) is 26.5 Å². The van der Waals surface area contributed by atoms with E-state index >= 15 is 0 Å². The summed E-state index contributed by atoms with van der Waals surface area (Å²) in [4.78, 5) is 15.4. The molecule has 0 aliphatic carbocycles. The topological polar surface area (TPSA) is 51.2 Å². The van der Waals surface area contributed by atoms with Crippen LogP contribution in [0.4, 0.5) is 14.9 Å². The number of aromatic nitrogens is 1. The second kappa shape index (κ2) is 5.56. The van der Waals surface area contributed by atoms with Crippen molar-refractivity contribution in [3.63, 3.8) is 0 Å². The van der Waals surface area contributed by atoms with Gasteiger partial charge in [0, 0.05) is 0 Å². The SMILES string of the molecule is Cc1nc(Cl)c(F)c(I)c1NC(=O)OC(C)(C)C. The fourth-order valence-electron chi connectivity index (χ4n) is 1.16. The van der Waals surface area contributed by atoms with Gasteiger partial charge in [0.1, 0.15) is 5.60 Å². The first-order valence-electron chi connectivity index (χ1n) is 5.13. The number of rotatable bonds is 1. The minimum Gasteiger partial charge on any atom is -0.444 e. The van der Waals surface area contributed by atoms with Gasteiger partial charge in [-0.3, -0.25) is 5.32 Å². The lowest BCUT2D eigenvalue weighted by atomic mass is 10.2. The Kier molecular flexibility index (Phi) is 4.77. The first kappa shape index (κ1) is 15.4. The van der Waals surface area contributed by atoms with E-state index in [0.717, 1.165) is 0 Å². The van der Waals surface area contributed by atoms with Gasteiger partial charge in [-0.1, -0.05) is 11.6 Å². The molecule has 0 saturated carbocycles. The van der Waals surface area contributed by atoms with Crippen LogP contribution in [0.3, 0.4) is 0 Å². The first-order valence-corrected chi connectivity index (χ1v) is 6.58. The lowest BCUT2D eigenvalue weighted by Gasteiger charge is -2.20. The standard InChI is InChI=1S/C11H13ClFIN2O2/c1-5-8(7(14)6(13)9(12)15-5)16-10(17)18-11(2,3)4/h1-4H3,(H,16,17). The Bertz CT molecular complexity index is 489. The zero-order valence-electron chi connectivity index (χ0n) is 10.4. The summed E-state index contributed by atoms with van der Waals surface area (Å²) in [7, 11) is 0. The van der Waals surface area contributed by atoms with E-state index in [0.29, 0.717) is 5.69 Å². The van der Waals surface area contributed by atoms with E-state index < -0.39 is 17.5 Å². The lowest BCUT2D eigenvalue weighted by Crippen LogP contribution is -2.28. The number of carbonyl (C=O) groups excluding carboxylic acids is 1. The van der Waals surface area contributed by atoms with Gasteiger partial charge in [-0.25, -0.2) is 14.2 Å². The predicted molar refractivity (Wildman–Crippen MR) is 76.5 cm³/mol. The summed E-state index contributed by atoms with van der Waals surface area (Å²) in [6.45, 7) is 6.85. The van der Waals surface area contributed by atoms with Crippen molar-refractivity contribution in [1.82, 2.24) is 4.98 Å². The van der Waals surface area contributed by atoms with E-state index in [2.05, 4.69) is 10.3 Å². The van der Waals surface area contributed by atoms with Crippen molar-refractivity contribution in [3.8, 4) is 0 Å². The molecule has 0 unspecified atom stereocenters. The molecular formula is C11H13ClFIN2O2. The molecular weight excluding hydrogens is 373 g/mol. The van der Waals surface area contributed by atoms with E-state index in [-0.39, 0.29) is 14.4 Å². The van der Waals surface area contributed by atoms with Gasteiger partial charge in [0.2, 0.25) is 0 Å². The molecule has 1 heterocycles. The Hall–Kier alpha value is -0.630. The van der Waals surface area contributed by atoms with E-state index in [1.165, 1.54) is 0 Å². The molecule has 0 saturated heterocycles. The van der Waals surface area contributed by atoms with Crippen LogP contribution < -0.4 is 5.32 Å². The Morgan fingerprint density at radius 2 is 2.06 bits per heavy atom. The second-order valence-electron chi connectivity index (χ2n) is 4.62. The molecule has 0 spiro atoms. The third-order valence-corrected chi connectivity index (χ3v) is 3.11. The highest BCUT2D eigenvalue weighted by Crippen LogP contribution is 2.28. The predicted octanol–water partition coefficient (Wildman–Crippen LogP) is 4.13. The summed E-state index contributed by atoms with van der Waals surface area (Å²) in [6, 6.07) is 0. The molecule has 0 aromatic carbocycles. The Labute approximate surface area is 123 Å². The molecule has 0 fully saturated rings. The van der Waals surface area contributed by atoms with Crippen LogP contribution in [-0.2, 0) is 4.74 Å². The average molecular weight is 387 g/mol. The molecule has 0 bridgehead atoms. The summed E-state index contributed by atoms with van der Waals surface area (Å²) in [5.41, 5.74) is 0.0744. The highest BCUT2D eigenvalue weighted by Gasteiger charge is 2.20. The Morgan fingerprint density at radius 3 is 2.56 bits per heavy atom. The number of ether oxygens (including phenoxy) is 1. The van der Waals surface area contributed by atoms with Gasteiger partial charge in [0.15, 0.2) is 11.0 Å². The van der Waals surface area contributed by atoms with Crippen LogP contribution in [0.25, 0.3) is 0 Å². The van der Waals surface area contributed by atoms with Gasteiger partial charge in [-0.15, -0.1) is 0 Å². The summed E-state index contributed by atoms with van der Waals surface area (Å²) in [5.74, 6) is -0.658. The molecule has 1 aromatic rings. The maximum atomic E-state index is 13.6. The maximum absolute atomic E-state index is 13.6. The summed E-state index contributed by atoms with van der Waals surface area (Å²) in [5, 5.41) is 2.26. The number of anilines is 1. The molecule has 18 heavy (non-hydrogen) atoms. The Morgan fingerprint density at radius 1 is 1.50 bits per heavy atom. The molecule has 0 radical (unpaired) electrons. The van der Waals surface area contributed by atoms with Gasteiger partial charge in [-0.2, -0.15) is 0 Å². The molecule has 7 heteroatoms. The van der Waals surface area contributed by atoms with E-state index in [1.54, 1.807) is 50.3 Å². The summed E-state index contributed by atoms with van der Waals surface area (Å²) >= 11 is 7.36. The minimum atomic E-state index is -0.660. The van der Waals surface area contributed by atoms with Crippen LogP contribution in [0.15, 0.2) is 0 Å². The highest BCUT2D eigenvalue weighted by molar-refractivity contribution is 14.1. The third-order valence-electron chi connectivity index (χ3n) is 1.85. The molecule has 1 aromatic heterocycles. The van der Waals surface area contributed by atoms with Gasteiger partial charge in [0.25, 0.3) is 0 Å². The van der Waals surface area contributed by atoms with E-state index in [9.17, 15) is 9.18 Å². The zero-order chi connectivity index (χ0) is 14.1. The number of pyridine rings is 1. The van der Waals surface area contributed by atoms with E-state index in [1.807, 2.05) is 0 Å². The van der Waals surface area contributed by atoms with Crippen molar-refractivity contribution in [2.24, 2.45) is 0 Å². The number of hydrogen-bond donors (Lipinski definition) is 1. The number of aryl methyl sites for hydroxylation is 1. The van der Waals surface area contributed by atoms with Crippen LogP contribution in [-0.4, -0.2) is 16.7 Å². The van der Waals surface area contributed by atoms with Crippen molar-refractivity contribution >= 4 is 46.0 Å². The third kappa shape index (κ3) is 3.94. The number of amides is 1. The molecule has 0 atom stereocenters. The fourth-order valence-corrected chi connectivity index (χ4v) is 2.32. The monoisotopic (exact) mass is 386 g/mol. The van der Waals surface area contributed by atoms with Gasteiger partial charge >= 0.3 is 6.09 Å². The Balaban J connectivity index is 2.99. The van der Waals surface area contributed by atoms with Crippen LogP contribution in [0.5, 0.6) is 0 Å². The summed E-state index contributed by atoms with van der Waals surface area (Å²) in [6.07, 6.45) is -0.660. The quantitative estimate of drug-likeness (QED) is 0.583. The van der Waals surface area contributed by atoms with Crippen LogP contribution in [0, 0.1) is 16.3 Å². The number of nitrogens with zero attached hydrogens (tertiary/aromatic N) is 1. The van der Waals surface area contributed by atoms with Crippen molar-refractivity contribution in [1.29, 1.82) is 0 Å². The average Bonchev–Trinajstić information content (AvgIpc) is 2.19. The minimum absolute atomic E-state index is 0.205. The zero-order valence-corrected chi connectivity index (χ0v) is 13.3. The second-order valence-corrected chi connectivity index (χ2v) is 6.05. The van der Waals surface area contributed by atoms with Gasteiger partial charge < -0.3 is 4.74 Å². The maximum Gasteiger partial charge on any atom is 0.412 e. The molecule has 1 N–H and O–H groups in total. The van der Waals surface area contributed by atoms with Gasteiger partial charge in [0.05, 0.1) is 15.0 Å². The molecule has 100 valence electrons. The van der Waals surface area contributed by atoms with Crippen molar-refractivity contribution in [2.45, 2.75) is 33.3 Å². The van der Waals surface area contributed by atoms with Crippen molar-refractivity contribution < 1.29 is 13.9 Å². The smallest absolute Gasteiger partial charge is 0.412 e. The van der Waals surface area contributed by atoms with Crippen LogP contribution in [0.2, 0.25) is 5.15 Å². The number of carbonyl (C=O) groups is 1. The highest BCUT2D eigenvalue weighted by atomic mass is 127. The van der Waals surface area contributed by atoms with E-state index in [4.69, 9.17) is 16.3 Å². The molecule has 1 amide bonds. The molecule has 0 aliphatic heterocycles.